The number of benzene rings is 1. The van der Waals surface area contributed by atoms with E-state index in [4.69, 9.17) is 16.3 Å². The average Bonchev–Trinajstić information content (AvgIpc) is 2.35. The lowest BCUT2D eigenvalue weighted by Crippen LogP contribution is -2.24. The van der Waals surface area contributed by atoms with Crippen molar-refractivity contribution in [1.82, 2.24) is 5.32 Å². The summed E-state index contributed by atoms with van der Waals surface area (Å²) in [6, 6.07) is 7.18. The van der Waals surface area contributed by atoms with Gasteiger partial charge in [0.1, 0.15) is 5.75 Å². The number of allylic oxidation sites excluding steroid dienone is 1. The summed E-state index contributed by atoms with van der Waals surface area (Å²) in [7, 11) is 0. The van der Waals surface area contributed by atoms with Gasteiger partial charge in [0.15, 0.2) is 0 Å². The van der Waals surface area contributed by atoms with Gasteiger partial charge in [-0.3, -0.25) is 4.79 Å². The molecule has 0 aliphatic rings. The van der Waals surface area contributed by atoms with Crippen LogP contribution in [0.1, 0.15) is 17.3 Å². The number of nitrogens with one attached hydrogen (secondary N) is 1. The molecule has 3 nitrogen and oxygen atoms in total. The van der Waals surface area contributed by atoms with Crippen molar-refractivity contribution >= 4 is 17.5 Å². The minimum atomic E-state index is -0.145. The molecule has 92 valence electrons. The van der Waals surface area contributed by atoms with Crippen LogP contribution in [0.4, 0.5) is 0 Å². The van der Waals surface area contributed by atoms with Crippen molar-refractivity contribution in [2.75, 3.05) is 19.0 Å². The summed E-state index contributed by atoms with van der Waals surface area (Å²) in [4.78, 5) is 11.8. The third kappa shape index (κ3) is 4.49. The molecule has 0 radical (unpaired) electrons. The van der Waals surface area contributed by atoms with Gasteiger partial charge in [-0.05, 0) is 19.1 Å². The van der Waals surface area contributed by atoms with Gasteiger partial charge in [-0.2, -0.15) is 0 Å². The highest BCUT2D eigenvalue weighted by molar-refractivity contribution is 6.18. The Bertz CT molecular complexity index is 391. The first kappa shape index (κ1) is 13.6. The Morgan fingerprint density at radius 3 is 2.88 bits per heavy atom. The smallest absolute Gasteiger partial charge is 0.255 e. The maximum atomic E-state index is 11.8. The second kappa shape index (κ2) is 7.74. The molecule has 0 aliphatic carbocycles. The molecular weight excluding hydrogens is 238 g/mol. The van der Waals surface area contributed by atoms with Crippen molar-refractivity contribution in [3.8, 4) is 5.75 Å². The summed E-state index contributed by atoms with van der Waals surface area (Å²) >= 11 is 5.48. The first-order chi connectivity index (χ1) is 8.29. The summed E-state index contributed by atoms with van der Waals surface area (Å²) in [5.74, 6) is 0.910. The Morgan fingerprint density at radius 1 is 1.41 bits per heavy atom. The number of carbonyl (C=O) groups excluding carboxylic acids is 1. The van der Waals surface area contributed by atoms with Gasteiger partial charge in [0.05, 0.1) is 12.2 Å². The van der Waals surface area contributed by atoms with Gasteiger partial charge in [-0.15, -0.1) is 11.6 Å². The lowest BCUT2D eigenvalue weighted by molar-refractivity contribution is 0.0954. The molecule has 1 N–H and O–H groups in total. The summed E-state index contributed by atoms with van der Waals surface area (Å²) in [5.41, 5.74) is 0.550. The number of amides is 1. The molecule has 0 atom stereocenters. The van der Waals surface area contributed by atoms with Crippen LogP contribution < -0.4 is 10.1 Å². The van der Waals surface area contributed by atoms with Crippen LogP contribution in [0.2, 0.25) is 0 Å². The quantitative estimate of drug-likeness (QED) is 0.625. The van der Waals surface area contributed by atoms with Crippen LogP contribution in [0.25, 0.3) is 0 Å². The molecule has 0 saturated heterocycles. The fraction of sp³-hybridized carbons (Fsp3) is 0.308. The van der Waals surface area contributed by atoms with E-state index in [-0.39, 0.29) is 5.91 Å². The van der Waals surface area contributed by atoms with E-state index in [9.17, 15) is 4.79 Å². The summed E-state index contributed by atoms with van der Waals surface area (Å²) in [6.07, 6.45) is 3.60. The van der Waals surface area contributed by atoms with E-state index in [0.717, 1.165) is 0 Å². The Labute approximate surface area is 106 Å². The number of halogens is 1. The second-order valence-corrected chi connectivity index (χ2v) is 3.57. The maximum absolute atomic E-state index is 11.8. The third-order valence-corrected chi connectivity index (χ3v) is 2.25. The molecule has 1 rings (SSSR count). The number of hydrogen-bond donors (Lipinski definition) is 1. The van der Waals surface area contributed by atoms with Crippen molar-refractivity contribution < 1.29 is 9.53 Å². The highest BCUT2D eigenvalue weighted by Crippen LogP contribution is 2.17. The first-order valence-electron chi connectivity index (χ1n) is 5.50. The Kier molecular flexibility index (Phi) is 6.18. The minimum Gasteiger partial charge on any atom is -0.493 e. The van der Waals surface area contributed by atoms with Crippen molar-refractivity contribution in [2.45, 2.75) is 6.92 Å². The lowest BCUT2D eigenvalue weighted by Gasteiger charge is -2.09. The number of carbonyl (C=O) groups is 1. The van der Waals surface area contributed by atoms with Crippen LogP contribution in [0.15, 0.2) is 36.4 Å². The van der Waals surface area contributed by atoms with Gasteiger partial charge < -0.3 is 10.1 Å². The van der Waals surface area contributed by atoms with E-state index in [0.29, 0.717) is 30.3 Å². The van der Waals surface area contributed by atoms with Gasteiger partial charge in [0, 0.05) is 12.4 Å². The molecule has 4 heteroatoms. The molecule has 0 aromatic heterocycles. The number of para-hydroxylation sites is 1. The molecule has 0 bridgehead atoms. The molecule has 0 heterocycles. The fourth-order valence-corrected chi connectivity index (χ4v) is 1.45. The van der Waals surface area contributed by atoms with Crippen LogP contribution in [0.3, 0.4) is 0 Å². The van der Waals surface area contributed by atoms with Gasteiger partial charge >= 0.3 is 0 Å². The van der Waals surface area contributed by atoms with Crippen molar-refractivity contribution in [2.24, 2.45) is 0 Å². The van der Waals surface area contributed by atoms with Crippen LogP contribution in [0, 0.1) is 0 Å². The van der Waals surface area contributed by atoms with E-state index >= 15 is 0 Å². The highest BCUT2D eigenvalue weighted by atomic mass is 35.5. The van der Waals surface area contributed by atoms with Crippen molar-refractivity contribution in [1.29, 1.82) is 0 Å². The predicted octanol–water partition coefficient (Wildman–Crippen LogP) is 2.61. The van der Waals surface area contributed by atoms with Crippen molar-refractivity contribution in [3.05, 3.63) is 42.0 Å². The van der Waals surface area contributed by atoms with Gasteiger partial charge in [-0.25, -0.2) is 0 Å². The monoisotopic (exact) mass is 253 g/mol. The molecule has 0 saturated carbocycles. The molecule has 0 unspecified atom stereocenters. The fourth-order valence-electron chi connectivity index (χ4n) is 1.33. The predicted molar refractivity (Wildman–Crippen MR) is 69.8 cm³/mol. The first-order valence-corrected chi connectivity index (χ1v) is 6.04. The Balaban J connectivity index is 2.64. The van der Waals surface area contributed by atoms with Gasteiger partial charge in [0.25, 0.3) is 5.91 Å². The summed E-state index contributed by atoms with van der Waals surface area (Å²) in [6.45, 7) is 2.89. The minimum absolute atomic E-state index is 0.145. The Morgan fingerprint density at radius 2 is 2.18 bits per heavy atom. The standard InChI is InChI=1S/C13H16ClNO2/c1-2-17-12-8-4-3-7-11(12)13(16)15-10-6-5-9-14/h3-8H,2,9-10H2,1H3,(H,15,16)/b6-5+. The number of hydrogen-bond acceptors (Lipinski definition) is 2. The zero-order valence-corrected chi connectivity index (χ0v) is 10.5. The number of ether oxygens (including phenoxy) is 1. The van der Waals surface area contributed by atoms with Crippen LogP contribution in [-0.4, -0.2) is 24.9 Å². The third-order valence-electron chi connectivity index (χ3n) is 2.07. The number of alkyl halides is 1. The summed E-state index contributed by atoms with van der Waals surface area (Å²) < 4.78 is 5.39. The van der Waals surface area contributed by atoms with E-state index in [2.05, 4.69) is 5.32 Å². The van der Waals surface area contributed by atoms with Crippen LogP contribution in [0.5, 0.6) is 5.75 Å². The van der Waals surface area contributed by atoms with Crippen molar-refractivity contribution in [3.63, 3.8) is 0 Å². The molecule has 1 amide bonds. The van der Waals surface area contributed by atoms with Crippen LogP contribution >= 0.6 is 11.6 Å². The molecule has 17 heavy (non-hydrogen) atoms. The molecule has 1 aromatic rings. The zero-order valence-electron chi connectivity index (χ0n) is 9.78. The second-order valence-electron chi connectivity index (χ2n) is 3.26. The van der Waals surface area contributed by atoms with Crippen LogP contribution in [-0.2, 0) is 0 Å². The SMILES string of the molecule is CCOc1ccccc1C(=O)NC/C=C/CCl. The zero-order chi connectivity index (χ0) is 12.5. The highest BCUT2D eigenvalue weighted by Gasteiger charge is 2.10. The number of rotatable bonds is 6. The van der Waals surface area contributed by atoms with E-state index in [1.165, 1.54) is 0 Å². The lowest BCUT2D eigenvalue weighted by atomic mass is 10.2. The van der Waals surface area contributed by atoms with E-state index in [1.54, 1.807) is 18.2 Å². The normalized spacial score (nSPS) is 10.5. The largest absolute Gasteiger partial charge is 0.493 e. The molecule has 0 spiro atoms. The van der Waals surface area contributed by atoms with E-state index < -0.39 is 0 Å². The average molecular weight is 254 g/mol. The summed E-state index contributed by atoms with van der Waals surface area (Å²) in [5, 5.41) is 2.77. The molecule has 1 aromatic carbocycles. The Hall–Kier alpha value is -1.48. The van der Waals surface area contributed by atoms with Gasteiger partial charge in [0.2, 0.25) is 0 Å². The van der Waals surface area contributed by atoms with E-state index in [1.807, 2.05) is 25.1 Å². The van der Waals surface area contributed by atoms with Gasteiger partial charge in [-0.1, -0.05) is 24.3 Å². The molecule has 0 aliphatic heterocycles. The maximum Gasteiger partial charge on any atom is 0.255 e. The molecule has 0 fully saturated rings. The topological polar surface area (TPSA) is 38.3 Å². The molecular formula is C13H16ClNO2.